The van der Waals surface area contributed by atoms with Gasteiger partial charge in [0.2, 0.25) is 5.88 Å². The van der Waals surface area contributed by atoms with Crippen molar-refractivity contribution in [2.24, 2.45) is 0 Å². The molecule has 24 heavy (non-hydrogen) atoms. The largest absolute Gasteiger partial charge is 0.473 e. The van der Waals surface area contributed by atoms with E-state index in [0.717, 1.165) is 18.6 Å². The highest BCUT2D eigenvalue weighted by Crippen LogP contribution is 2.61. The molecule has 1 aromatic heterocycles. The lowest BCUT2D eigenvalue weighted by atomic mass is 10.2. The van der Waals surface area contributed by atoms with Gasteiger partial charge in [-0.2, -0.15) is 4.98 Å². The molecule has 0 bridgehead atoms. The molecule has 122 valence electrons. The number of fused-ring (bicyclic) bond motifs is 2. The van der Waals surface area contributed by atoms with Gasteiger partial charge in [0, 0.05) is 18.7 Å². The third-order valence-corrected chi connectivity index (χ3v) is 4.76. The molecular weight excluding hydrogens is 323 g/mol. The van der Waals surface area contributed by atoms with E-state index >= 15 is 0 Å². The van der Waals surface area contributed by atoms with Gasteiger partial charge < -0.3 is 9.64 Å². The Morgan fingerprint density at radius 3 is 2.62 bits per heavy atom. The summed E-state index contributed by atoms with van der Waals surface area (Å²) >= 11 is 0. The molecule has 0 N–H and O–H groups in total. The third-order valence-electron chi connectivity index (χ3n) is 4.76. The molecule has 1 aliphatic carbocycles. The topological polar surface area (TPSA) is 47.4 Å². The zero-order valence-corrected chi connectivity index (χ0v) is 12.2. The van der Waals surface area contributed by atoms with Gasteiger partial charge in [0.15, 0.2) is 17.5 Å². The molecule has 1 fully saturated rings. The van der Waals surface area contributed by atoms with E-state index in [1.54, 1.807) is 10.6 Å². The number of ether oxygens (including phenoxy) is 1. The quantitative estimate of drug-likeness (QED) is 0.807. The highest BCUT2D eigenvalue weighted by atomic mass is 19.2. The monoisotopic (exact) mass is 333 g/mol. The fourth-order valence-electron chi connectivity index (χ4n) is 3.41. The summed E-state index contributed by atoms with van der Waals surface area (Å²) in [7, 11) is 0. The summed E-state index contributed by atoms with van der Waals surface area (Å²) in [5.41, 5.74) is 0.974. The molecule has 1 saturated carbocycles. The van der Waals surface area contributed by atoms with E-state index in [0.29, 0.717) is 12.4 Å². The Morgan fingerprint density at radius 1 is 1.21 bits per heavy atom. The van der Waals surface area contributed by atoms with Crippen molar-refractivity contribution in [1.29, 1.82) is 0 Å². The molecule has 2 aromatic rings. The summed E-state index contributed by atoms with van der Waals surface area (Å²) in [6.07, 6.45) is 2.95. The van der Waals surface area contributed by atoms with E-state index < -0.39 is 23.1 Å². The zero-order chi connectivity index (χ0) is 16.6. The van der Waals surface area contributed by atoms with Crippen LogP contribution in [0, 0.1) is 17.5 Å². The van der Waals surface area contributed by atoms with E-state index in [-0.39, 0.29) is 23.6 Å². The van der Waals surface area contributed by atoms with Crippen LogP contribution in [-0.2, 0) is 13.2 Å². The van der Waals surface area contributed by atoms with Crippen LogP contribution in [0.1, 0.15) is 12.0 Å². The van der Waals surface area contributed by atoms with Crippen molar-refractivity contribution in [2.75, 3.05) is 4.90 Å². The molecule has 1 aromatic carbocycles. The Labute approximate surface area is 133 Å². The summed E-state index contributed by atoms with van der Waals surface area (Å²) in [6.45, 7) is 0.366. The molecule has 0 amide bonds. The van der Waals surface area contributed by atoms with Gasteiger partial charge in [-0.05, 0) is 23.3 Å². The second-order valence-electron chi connectivity index (χ2n) is 6.22. The van der Waals surface area contributed by atoms with Crippen molar-refractivity contribution in [1.82, 2.24) is 9.55 Å². The molecule has 3 heterocycles. The summed E-state index contributed by atoms with van der Waals surface area (Å²) in [5.74, 6) is -3.34. The molecule has 5 rings (SSSR count). The lowest BCUT2D eigenvalue weighted by Crippen LogP contribution is -2.35. The number of hydrogen-bond acceptors (Lipinski definition) is 4. The highest BCUT2D eigenvalue weighted by Gasteiger charge is 2.64. The number of benzene rings is 1. The van der Waals surface area contributed by atoms with Gasteiger partial charge >= 0.3 is 5.69 Å². The van der Waals surface area contributed by atoms with Crippen LogP contribution >= 0.6 is 0 Å². The molecule has 1 unspecified atom stereocenters. The summed E-state index contributed by atoms with van der Waals surface area (Å²) in [6, 6.07) is 3.32. The lowest BCUT2D eigenvalue weighted by molar-refractivity contribution is 0.289. The number of halogens is 3. The minimum atomic E-state index is -1.53. The first kappa shape index (κ1) is 13.6. The Kier molecular flexibility index (Phi) is 2.39. The van der Waals surface area contributed by atoms with Crippen LogP contribution in [-0.4, -0.2) is 15.1 Å². The van der Waals surface area contributed by atoms with Crippen LogP contribution in [0.3, 0.4) is 0 Å². The molecule has 1 atom stereocenters. The van der Waals surface area contributed by atoms with E-state index in [9.17, 15) is 18.0 Å². The van der Waals surface area contributed by atoms with E-state index in [1.807, 2.05) is 11.1 Å². The van der Waals surface area contributed by atoms with Crippen LogP contribution in [0.2, 0.25) is 0 Å². The Morgan fingerprint density at radius 2 is 1.96 bits per heavy atom. The van der Waals surface area contributed by atoms with E-state index in [4.69, 9.17) is 4.74 Å². The van der Waals surface area contributed by atoms with Crippen molar-refractivity contribution in [3.63, 3.8) is 0 Å². The van der Waals surface area contributed by atoms with E-state index in [2.05, 4.69) is 4.98 Å². The smallest absolute Gasteiger partial charge is 0.352 e. The molecular formula is C16H10F3N3O2. The number of aromatic nitrogens is 2. The van der Waals surface area contributed by atoms with Crippen molar-refractivity contribution in [2.45, 2.75) is 25.1 Å². The first-order valence-electron chi connectivity index (χ1n) is 7.36. The van der Waals surface area contributed by atoms with Crippen molar-refractivity contribution in [3.8, 4) is 5.88 Å². The number of rotatable bonds is 3. The maximum atomic E-state index is 13.2. The summed E-state index contributed by atoms with van der Waals surface area (Å²) < 4.78 is 46.3. The van der Waals surface area contributed by atoms with Gasteiger partial charge in [-0.25, -0.2) is 18.0 Å². The SMILES string of the molecule is O=c1nc(OCc2cc(F)c(F)c(F)c2)cc2n1CC13CC1=CN23. The maximum absolute atomic E-state index is 13.2. The predicted octanol–water partition coefficient (Wildman–Crippen LogP) is 2.10. The molecule has 8 heteroatoms. The van der Waals surface area contributed by atoms with Crippen molar-refractivity contribution in [3.05, 3.63) is 63.5 Å². The normalized spacial score (nSPS) is 22.3. The molecule has 5 nitrogen and oxygen atoms in total. The van der Waals surface area contributed by atoms with Gasteiger partial charge in [-0.15, -0.1) is 0 Å². The van der Waals surface area contributed by atoms with Crippen LogP contribution in [0.4, 0.5) is 19.0 Å². The molecule has 1 spiro atoms. The lowest BCUT2D eigenvalue weighted by Gasteiger charge is -2.27. The maximum Gasteiger partial charge on any atom is 0.352 e. The second kappa shape index (κ2) is 4.19. The average Bonchev–Trinajstić information content (AvgIpc) is 2.97. The molecule has 2 aliphatic heterocycles. The second-order valence-corrected chi connectivity index (χ2v) is 6.22. The first-order valence-corrected chi connectivity index (χ1v) is 7.36. The fourth-order valence-corrected chi connectivity index (χ4v) is 3.41. The number of hydrogen-bond donors (Lipinski definition) is 0. The zero-order valence-electron chi connectivity index (χ0n) is 12.2. The average molecular weight is 333 g/mol. The molecule has 0 saturated heterocycles. The van der Waals surface area contributed by atoms with Crippen LogP contribution in [0.25, 0.3) is 0 Å². The fraction of sp³-hybridized carbons (Fsp3) is 0.250. The standard InChI is InChI=1S/C16H10F3N3O2/c17-10-1-8(2-11(18)14(10)19)6-24-12-3-13-21(15(23)20-12)7-16-4-9(16)5-22(13)16/h1-3,5H,4,6-7H2. The first-order chi connectivity index (χ1) is 11.5. The number of nitrogens with zero attached hydrogens (tertiary/aromatic N) is 3. The Balaban J connectivity index is 1.41. The molecule has 3 aliphatic rings. The Hall–Kier alpha value is -2.77. The van der Waals surface area contributed by atoms with Crippen LogP contribution < -0.4 is 15.3 Å². The summed E-state index contributed by atoms with van der Waals surface area (Å²) in [4.78, 5) is 18.0. The van der Waals surface area contributed by atoms with Gasteiger partial charge in [0.1, 0.15) is 12.4 Å². The Bertz CT molecular complexity index is 978. The van der Waals surface area contributed by atoms with Gasteiger partial charge in [-0.1, -0.05) is 0 Å². The van der Waals surface area contributed by atoms with Gasteiger partial charge in [0.25, 0.3) is 0 Å². The van der Waals surface area contributed by atoms with Crippen LogP contribution in [0.5, 0.6) is 5.88 Å². The minimum absolute atomic E-state index is 0.0321. The predicted molar refractivity (Wildman–Crippen MR) is 77.1 cm³/mol. The van der Waals surface area contributed by atoms with Gasteiger partial charge in [-0.3, -0.25) is 4.57 Å². The minimum Gasteiger partial charge on any atom is -0.473 e. The van der Waals surface area contributed by atoms with Crippen LogP contribution in [0.15, 0.2) is 34.8 Å². The van der Waals surface area contributed by atoms with Gasteiger partial charge in [0.05, 0.1) is 12.1 Å². The highest BCUT2D eigenvalue weighted by molar-refractivity contribution is 5.71. The molecule has 0 radical (unpaired) electrons. The van der Waals surface area contributed by atoms with Crippen molar-refractivity contribution < 1.29 is 17.9 Å². The van der Waals surface area contributed by atoms with Crippen molar-refractivity contribution >= 4 is 5.82 Å². The number of anilines is 1. The third kappa shape index (κ3) is 1.65. The summed E-state index contributed by atoms with van der Waals surface area (Å²) in [5, 5.41) is 0. The van der Waals surface area contributed by atoms with E-state index in [1.165, 1.54) is 5.57 Å².